The molecule has 1 aliphatic rings. The summed E-state index contributed by atoms with van der Waals surface area (Å²) in [5.74, 6) is 0. The van der Waals surface area contributed by atoms with Crippen molar-refractivity contribution in [3.05, 3.63) is 242 Å². The van der Waals surface area contributed by atoms with Crippen LogP contribution < -0.4 is 0 Å². The fourth-order valence-electron chi connectivity index (χ4n) is 11.3. The molecule has 16 rings (SSSR count). The zero-order chi connectivity index (χ0) is 47.3. The Morgan fingerprint density at radius 3 is 1.17 bits per heavy atom. The van der Waals surface area contributed by atoms with Crippen molar-refractivity contribution in [1.29, 1.82) is 0 Å². The molecule has 12 aromatic carbocycles. The molecule has 0 bridgehead atoms. The van der Waals surface area contributed by atoms with Crippen molar-refractivity contribution in [2.75, 3.05) is 0 Å². The first kappa shape index (κ1) is 43.4. The minimum Gasteiger partial charge on any atom is -0.309 e. The lowest BCUT2D eigenvalue weighted by molar-refractivity contribution is 1.20. The summed E-state index contributed by atoms with van der Waals surface area (Å²) in [7, 11) is 0. The Morgan fingerprint density at radius 1 is 0.338 bits per heavy atom. The van der Waals surface area contributed by atoms with Crippen LogP contribution in [0.15, 0.2) is 227 Å². The van der Waals surface area contributed by atoms with Crippen LogP contribution in [0.2, 0.25) is 0 Å². The van der Waals surface area contributed by atoms with Gasteiger partial charge in [-0.05, 0) is 125 Å². The van der Waals surface area contributed by atoms with E-state index in [0.29, 0.717) is 0 Å². The first-order valence-corrected chi connectivity index (χ1v) is 28.0. The molecular formula is C65H38Br2INS2. The van der Waals surface area contributed by atoms with Crippen molar-refractivity contribution in [1.82, 2.24) is 4.57 Å². The van der Waals surface area contributed by atoms with Gasteiger partial charge in [-0.15, -0.1) is 22.7 Å². The number of hydrogen-bond acceptors (Lipinski definition) is 2. The normalized spacial score (nSPS) is 12.1. The molecule has 1 aliphatic carbocycles. The van der Waals surface area contributed by atoms with E-state index < -0.39 is 0 Å². The molecular weight excluding hydrogens is 1150 g/mol. The summed E-state index contributed by atoms with van der Waals surface area (Å²) >= 11 is 13.8. The SMILES string of the molecule is Brc1cc2sc3cc(-n4c5ccccc5c5ccccc54)c4ccccc4c3c2c2ccccc12.Brc1cc2sc3cc(I)c4ccccc4c3c2c2ccccc12.c1ccc2c(c1)Cc1ccccc1-2. The lowest BCUT2D eigenvalue weighted by atomic mass is 9.98. The zero-order valence-corrected chi connectivity index (χ0v) is 44.9. The minimum absolute atomic E-state index is 1.10. The molecule has 336 valence electrons. The quantitative estimate of drug-likeness (QED) is 0.144. The first-order valence-electron chi connectivity index (χ1n) is 23.7. The standard InChI is InChI=1S/C32H18BrNS.C20H10BrIS.C13H10/c33-25-17-29-31(23-13-3-1-9-19(23)25)32-24-14-4-2-12-22(24)28(18-30(32)35-29)34-26-15-7-5-10-20(26)21-11-6-8-16-27(21)34;21-15-9-17-19(13-7-3-1-5-11(13)15)20-14-8-4-2-6-12(14)16(22)10-18(20)23-17;1-3-7-12-10(5-1)9-11-6-2-4-8-13(11)12/h1-18H;1-10H;1-8H,9H2. The summed E-state index contributed by atoms with van der Waals surface area (Å²) in [4.78, 5) is 0. The number of aromatic nitrogens is 1. The van der Waals surface area contributed by atoms with E-state index in [1.165, 1.54) is 141 Å². The lowest BCUT2D eigenvalue weighted by Crippen LogP contribution is -1.95. The van der Waals surface area contributed by atoms with Gasteiger partial charge in [0.15, 0.2) is 0 Å². The molecule has 3 heterocycles. The van der Waals surface area contributed by atoms with E-state index in [-0.39, 0.29) is 0 Å². The zero-order valence-electron chi connectivity index (χ0n) is 37.9. The van der Waals surface area contributed by atoms with Crippen LogP contribution in [0.25, 0.3) is 122 Å². The molecule has 3 aromatic heterocycles. The van der Waals surface area contributed by atoms with E-state index in [2.05, 4.69) is 277 Å². The largest absolute Gasteiger partial charge is 0.309 e. The second-order valence-electron chi connectivity index (χ2n) is 18.2. The van der Waals surface area contributed by atoms with Gasteiger partial charge < -0.3 is 4.57 Å². The summed E-state index contributed by atoms with van der Waals surface area (Å²) in [6, 6.07) is 79.1. The number of para-hydroxylation sites is 2. The molecule has 0 saturated carbocycles. The Morgan fingerprint density at radius 2 is 0.676 bits per heavy atom. The number of thiophene rings is 2. The third-order valence-corrected chi connectivity index (χ3v) is 18.7. The Labute approximate surface area is 448 Å². The number of benzene rings is 12. The van der Waals surface area contributed by atoms with E-state index in [9.17, 15) is 0 Å². The smallest absolute Gasteiger partial charge is 0.0555 e. The van der Waals surface area contributed by atoms with Gasteiger partial charge in [0.05, 0.1) is 16.7 Å². The third-order valence-electron chi connectivity index (χ3n) is 14.3. The van der Waals surface area contributed by atoms with Crippen molar-refractivity contribution in [3.63, 3.8) is 0 Å². The maximum atomic E-state index is 3.83. The summed E-state index contributed by atoms with van der Waals surface area (Å²) < 4.78 is 11.4. The maximum absolute atomic E-state index is 3.83. The molecule has 1 nitrogen and oxygen atoms in total. The Balaban J connectivity index is 0.000000111. The second kappa shape index (κ2) is 17.4. The fourth-order valence-corrected chi connectivity index (χ4v) is 16.2. The van der Waals surface area contributed by atoms with Crippen LogP contribution in [0, 0.1) is 3.57 Å². The van der Waals surface area contributed by atoms with E-state index in [0.717, 1.165) is 10.9 Å². The van der Waals surface area contributed by atoms with E-state index in [4.69, 9.17) is 0 Å². The highest BCUT2D eigenvalue weighted by atomic mass is 127. The van der Waals surface area contributed by atoms with Gasteiger partial charge in [0.25, 0.3) is 0 Å². The second-order valence-corrected chi connectivity index (χ2v) is 23.2. The Bertz CT molecular complexity index is 4480. The molecule has 0 saturated heterocycles. The summed E-state index contributed by atoms with van der Waals surface area (Å²) in [6.45, 7) is 0. The van der Waals surface area contributed by atoms with Gasteiger partial charge in [-0.1, -0.05) is 214 Å². The van der Waals surface area contributed by atoms with Gasteiger partial charge in [-0.2, -0.15) is 0 Å². The highest BCUT2D eigenvalue weighted by Crippen LogP contribution is 2.48. The molecule has 0 aliphatic heterocycles. The minimum atomic E-state index is 1.10. The molecule has 0 fully saturated rings. The monoisotopic (exact) mass is 1180 g/mol. The molecule has 71 heavy (non-hydrogen) atoms. The van der Waals surface area contributed by atoms with Crippen molar-refractivity contribution in [2.24, 2.45) is 0 Å². The van der Waals surface area contributed by atoms with Gasteiger partial charge >= 0.3 is 0 Å². The maximum Gasteiger partial charge on any atom is 0.0555 e. The van der Waals surface area contributed by atoms with Gasteiger partial charge in [-0.25, -0.2) is 0 Å². The van der Waals surface area contributed by atoms with Crippen LogP contribution >= 0.6 is 77.1 Å². The summed E-state index contributed by atoms with van der Waals surface area (Å²) in [6.07, 6.45) is 1.10. The fraction of sp³-hybridized carbons (Fsp3) is 0.0154. The number of nitrogens with zero attached hydrogens (tertiary/aromatic N) is 1. The van der Waals surface area contributed by atoms with Crippen molar-refractivity contribution >= 4 is 182 Å². The van der Waals surface area contributed by atoms with E-state index in [1.807, 2.05) is 22.7 Å². The molecule has 0 atom stereocenters. The highest BCUT2D eigenvalue weighted by Gasteiger charge is 2.21. The Hall–Kier alpha value is -6.39. The topological polar surface area (TPSA) is 4.93 Å². The number of fused-ring (bicyclic) bond motifs is 20. The van der Waals surface area contributed by atoms with Crippen LogP contribution in [0.3, 0.4) is 0 Å². The van der Waals surface area contributed by atoms with Crippen LogP contribution in [-0.4, -0.2) is 4.57 Å². The lowest BCUT2D eigenvalue weighted by Gasteiger charge is -2.13. The number of rotatable bonds is 1. The number of halogens is 3. The van der Waals surface area contributed by atoms with Gasteiger partial charge in [0.1, 0.15) is 0 Å². The van der Waals surface area contributed by atoms with Gasteiger partial charge in [-0.3, -0.25) is 0 Å². The highest BCUT2D eigenvalue weighted by molar-refractivity contribution is 14.1. The van der Waals surface area contributed by atoms with Gasteiger partial charge in [0, 0.05) is 69.0 Å². The molecule has 0 N–H and O–H groups in total. The molecule has 0 spiro atoms. The average Bonchev–Trinajstić information content (AvgIpc) is 4.18. The van der Waals surface area contributed by atoms with Crippen LogP contribution in [0.4, 0.5) is 0 Å². The molecule has 0 amide bonds. The molecule has 0 radical (unpaired) electrons. The average molecular weight is 1180 g/mol. The summed E-state index contributed by atoms with van der Waals surface area (Å²) in [5.41, 5.74) is 9.48. The van der Waals surface area contributed by atoms with Crippen LogP contribution in [0.5, 0.6) is 0 Å². The Kier molecular flexibility index (Phi) is 10.7. The molecule has 0 unspecified atom stereocenters. The predicted octanol–water partition coefficient (Wildman–Crippen LogP) is 21.2. The summed E-state index contributed by atoms with van der Waals surface area (Å²) in [5, 5.41) is 18.5. The third kappa shape index (κ3) is 7.01. The van der Waals surface area contributed by atoms with Crippen LogP contribution in [-0.2, 0) is 6.42 Å². The molecule has 15 aromatic rings. The first-order chi connectivity index (χ1) is 35.0. The van der Waals surface area contributed by atoms with Gasteiger partial charge in [0.2, 0.25) is 0 Å². The number of hydrogen-bond donors (Lipinski definition) is 0. The van der Waals surface area contributed by atoms with Crippen molar-refractivity contribution in [2.45, 2.75) is 6.42 Å². The molecule has 6 heteroatoms. The van der Waals surface area contributed by atoms with E-state index >= 15 is 0 Å². The van der Waals surface area contributed by atoms with Crippen molar-refractivity contribution < 1.29 is 0 Å². The van der Waals surface area contributed by atoms with Crippen molar-refractivity contribution in [3.8, 4) is 16.8 Å². The predicted molar refractivity (Wildman–Crippen MR) is 326 cm³/mol. The van der Waals surface area contributed by atoms with E-state index in [1.54, 1.807) is 0 Å². The van der Waals surface area contributed by atoms with Crippen LogP contribution in [0.1, 0.15) is 11.1 Å².